The molecular weight excluding hydrogens is 496 g/mol. The van der Waals surface area contributed by atoms with Crippen molar-refractivity contribution < 1.29 is 51.9 Å². The molecule has 0 atom stereocenters. The lowest BCUT2D eigenvalue weighted by molar-refractivity contribution is -0.0512. The molecule has 9 nitrogen and oxygen atoms in total. The van der Waals surface area contributed by atoms with Crippen LogP contribution in [0.1, 0.15) is 12.5 Å². The summed E-state index contributed by atoms with van der Waals surface area (Å²) < 4.78 is 121. The normalized spacial score (nSPS) is 16.0. The van der Waals surface area contributed by atoms with Gasteiger partial charge in [-0.3, -0.25) is 4.55 Å². The van der Waals surface area contributed by atoms with Gasteiger partial charge in [-0.05, 0) is 18.7 Å². The van der Waals surface area contributed by atoms with Crippen molar-refractivity contribution in [3.05, 3.63) is 23.8 Å². The summed E-state index contributed by atoms with van der Waals surface area (Å²) in [7, 11) is -11.7. The fourth-order valence-corrected chi connectivity index (χ4v) is 2.91. The van der Waals surface area contributed by atoms with Crippen LogP contribution >= 0.6 is 0 Å². The first kappa shape index (κ1) is 27.7. The van der Waals surface area contributed by atoms with E-state index in [-0.39, 0.29) is 5.56 Å². The first-order chi connectivity index (χ1) is 14.4. The molecule has 1 heterocycles. The molecule has 1 aromatic rings. The predicted molar refractivity (Wildman–Crippen MR) is 98.7 cm³/mol. The molecule has 0 spiro atoms. The lowest BCUT2D eigenvalue weighted by atomic mass is 10.1. The number of rotatable bonds is 4. The van der Waals surface area contributed by atoms with Gasteiger partial charge in [0.2, 0.25) is 0 Å². The smallest absolute Gasteiger partial charge is 0.375 e. The van der Waals surface area contributed by atoms with Crippen LogP contribution in [0.4, 0.5) is 32.0 Å². The molecule has 0 aromatic heterocycles. The van der Waals surface area contributed by atoms with Gasteiger partial charge in [-0.1, -0.05) is 13.0 Å². The van der Waals surface area contributed by atoms with E-state index in [1.165, 1.54) is 6.07 Å². The van der Waals surface area contributed by atoms with Crippen LogP contribution in [0.25, 0.3) is 0 Å². The van der Waals surface area contributed by atoms with Gasteiger partial charge in [-0.25, -0.2) is 0 Å². The average molecular weight is 513 g/mol. The molecule has 0 saturated carbocycles. The van der Waals surface area contributed by atoms with E-state index in [1.54, 1.807) is 12.1 Å². The fraction of sp³-hybridized carbons (Fsp3) is 0.533. The molecule has 0 aliphatic carbocycles. The van der Waals surface area contributed by atoms with Crippen molar-refractivity contribution in [2.75, 3.05) is 37.6 Å². The zero-order chi connectivity index (χ0) is 25.0. The number of alkyl halides is 6. The second kappa shape index (κ2) is 10.1. The van der Waals surface area contributed by atoms with E-state index in [1.807, 2.05) is 11.8 Å². The van der Waals surface area contributed by atoms with Gasteiger partial charge < -0.3 is 14.0 Å². The highest BCUT2D eigenvalue weighted by Gasteiger charge is 2.49. The van der Waals surface area contributed by atoms with Crippen LogP contribution < -0.4 is 9.08 Å². The van der Waals surface area contributed by atoms with Crippen LogP contribution in [0.2, 0.25) is 0 Å². The molecule has 1 aromatic carbocycles. The van der Waals surface area contributed by atoms with Crippen molar-refractivity contribution in [2.45, 2.75) is 17.9 Å². The topological polar surface area (TPSA) is 128 Å². The quantitative estimate of drug-likeness (QED) is 0.279. The third kappa shape index (κ3) is 7.12. The van der Waals surface area contributed by atoms with Crippen molar-refractivity contribution in [3.8, 4) is 11.8 Å². The van der Waals surface area contributed by atoms with Gasteiger partial charge in [0.05, 0.1) is 5.69 Å². The summed E-state index contributed by atoms with van der Waals surface area (Å²) in [5.41, 5.74) is -11.0. The third-order valence-electron chi connectivity index (χ3n) is 4.05. The average Bonchev–Trinajstić information content (AvgIpc) is 2.65. The minimum atomic E-state index is -5.84. The number of halogens is 6. The van der Waals surface area contributed by atoms with Crippen molar-refractivity contribution in [1.82, 2.24) is 4.90 Å². The third-order valence-corrected chi connectivity index (χ3v) is 5.60. The van der Waals surface area contributed by atoms with Gasteiger partial charge in [-0.15, -0.1) is 0 Å². The second-order valence-electron chi connectivity index (χ2n) is 6.09. The van der Waals surface area contributed by atoms with E-state index in [9.17, 15) is 40.0 Å². The molecular formula is C15H17F6N3O6S2. The second-order valence-corrected chi connectivity index (χ2v) is 9.04. The first-order valence-electron chi connectivity index (χ1n) is 8.49. The van der Waals surface area contributed by atoms with Gasteiger partial charge in [0, 0.05) is 26.2 Å². The molecule has 0 unspecified atom stereocenters. The fourth-order valence-electron chi connectivity index (χ4n) is 2.44. The first-order valence-corrected chi connectivity index (χ1v) is 11.3. The number of nitriles is 1. The Morgan fingerprint density at radius 2 is 1.53 bits per heavy atom. The number of benzene rings is 1. The zero-order valence-corrected chi connectivity index (χ0v) is 17.8. The number of nitrogens with zero attached hydrogens (tertiary/aromatic N) is 3. The van der Waals surface area contributed by atoms with E-state index >= 15 is 0 Å². The number of hydrogen-bond acceptors (Lipinski definition) is 8. The van der Waals surface area contributed by atoms with E-state index in [2.05, 4.69) is 9.08 Å². The maximum Gasteiger partial charge on any atom is 0.534 e. The Labute approximate surface area is 179 Å². The van der Waals surface area contributed by atoms with Crippen molar-refractivity contribution in [3.63, 3.8) is 0 Å². The zero-order valence-electron chi connectivity index (χ0n) is 16.2. The molecule has 0 amide bonds. The maximum absolute atomic E-state index is 12.5. The molecule has 0 bridgehead atoms. The Morgan fingerprint density at radius 1 is 1.03 bits per heavy atom. The van der Waals surface area contributed by atoms with Crippen LogP contribution in [0.3, 0.4) is 0 Å². The highest BCUT2D eigenvalue weighted by molar-refractivity contribution is 7.88. The molecule has 1 aliphatic heterocycles. The van der Waals surface area contributed by atoms with Gasteiger partial charge >= 0.3 is 31.3 Å². The van der Waals surface area contributed by atoms with Gasteiger partial charge in [0.25, 0.3) is 0 Å². The standard InChI is InChI=1S/C14H16F3N3O3S.CHF3O3S/c1-2-19-6-8-20(9-7-19)12-4-3-5-13(11(12)10-18)23-24(21,22)14(15,16)17;2-1(3,4)8(5,6)7/h3-5H,2,6-9H2,1H3;(H,5,6,7). The Kier molecular flexibility index (Phi) is 8.76. The van der Waals surface area contributed by atoms with Crippen molar-refractivity contribution >= 4 is 25.9 Å². The summed E-state index contributed by atoms with van der Waals surface area (Å²) >= 11 is 0. The number of anilines is 1. The van der Waals surface area contributed by atoms with Crippen LogP contribution in [-0.4, -0.2) is 70.0 Å². The minimum absolute atomic E-state index is 0.227. The Morgan fingerprint density at radius 3 is 1.91 bits per heavy atom. The Balaban J connectivity index is 0.000000547. The molecule has 182 valence electrons. The Bertz CT molecular complexity index is 1040. The van der Waals surface area contributed by atoms with Crippen LogP contribution in [0.15, 0.2) is 18.2 Å². The van der Waals surface area contributed by atoms with E-state index in [4.69, 9.17) is 13.0 Å². The molecule has 1 aliphatic rings. The van der Waals surface area contributed by atoms with E-state index in [0.717, 1.165) is 25.7 Å². The largest absolute Gasteiger partial charge is 0.534 e. The van der Waals surface area contributed by atoms with Gasteiger partial charge in [-0.2, -0.15) is 48.4 Å². The summed E-state index contributed by atoms with van der Waals surface area (Å²) in [4.78, 5) is 4.02. The minimum Gasteiger partial charge on any atom is -0.375 e. The van der Waals surface area contributed by atoms with Crippen molar-refractivity contribution in [1.29, 1.82) is 5.26 Å². The highest BCUT2D eigenvalue weighted by Crippen LogP contribution is 2.33. The highest BCUT2D eigenvalue weighted by atomic mass is 32.2. The van der Waals surface area contributed by atoms with Crippen LogP contribution in [0.5, 0.6) is 5.75 Å². The lowest BCUT2D eigenvalue weighted by Crippen LogP contribution is -2.46. The molecule has 32 heavy (non-hydrogen) atoms. The SMILES string of the molecule is CCN1CCN(c2cccc(OS(=O)(=O)C(F)(F)F)c2C#N)CC1.O=S(=O)(O)C(F)(F)F. The maximum atomic E-state index is 12.5. The number of piperazine rings is 1. The van der Waals surface area contributed by atoms with Gasteiger partial charge in [0.1, 0.15) is 11.6 Å². The van der Waals surface area contributed by atoms with Gasteiger partial charge in [0.15, 0.2) is 5.75 Å². The molecule has 0 radical (unpaired) electrons. The summed E-state index contributed by atoms with van der Waals surface area (Å²) in [6.07, 6.45) is 0. The molecule has 17 heteroatoms. The number of hydrogen-bond donors (Lipinski definition) is 1. The van der Waals surface area contributed by atoms with E-state index < -0.39 is 37.0 Å². The van der Waals surface area contributed by atoms with Crippen LogP contribution in [0, 0.1) is 11.3 Å². The van der Waals surface area contributed by atoms with E-state index in [0.29, 0.717) is 18.8 Å². The van der Waals surface area contributed by atoms with Crippen LogP contribution in [-0.2, 0) is 20.2 Å². The molecule has 1 fully saturated rings. The lowest BCUT2D eigenvalue weighted by Gasteiger charge is -2.36. The predicted octanol–water partition coefficient (Wildman–Crippen LogP) is 2.32. The summed E-state index contributed by atoms with van der Waals surface area (Å²) in [5, 5.41) is 9.28. The summed E-state index contributed by atoms with van der Waals surface area (Å²) in [6.45, 7) is 5.55. The van der Waals surface area contributed by atoms with Crippen molar-refractivity contribution in [2.24, 2.45) is 0 Å². The molecule has 1 N–H and O–H groups in total. The molecule has 2 rings (SSSR count). The number of likely N-dealkylation sites (N-methyl/N-ethyl adjacent to an activating group) is 1. The summed E-state index contributed by atoms with van der Waals surface area (Å²) in [5.74, 6) is -0.620. The summed E-state index contributed by atoms with van der Waals surface area (Å²) in [6, 6.07) is 5.71. The molecule has 1 saturated heterocycles. The Hall–Kier alpha value is -2.29. The monoisotopic (exact) mass is 513 g/mol.